The van der Waals surface area contributed by atoms with Crippen LogP contribution in [0.15, 0.2) is 12.1 Å². The smallest absolute Gasteiger partial charge is 0.267 e. The zero-order chi connectivity index (χ0) is 13.5. The third-order valence-corrected chi connectivity index (χ3v) is 1.96. The van der Waals surface area contributed by atoms with Crippen molar-refractivity contribution >= 4 is 17.4 Å². The predicted octanol–water partition coefficient (Wildman–Crippen LogP) is 0.456. The van der Waals surface area contributed by atoms with E-state index in [-0.39, 0.29) is 24.7 Å². The van der Waals surface area contributed by atoms with E-state index < -0.39 is 18.9 Å². The number of ether oxygens (including phenoxy) is 1. The number of nitrogen functional groups attached to an aromatic ring is 1. The van der Waals surface area contributed by atoms with Crippen molar-refractivity contribution in [2.45, 2.75) is 6.43 Å². The lowest BCUT2D eigenvalue weighted by molar-refractivity contribution is 0.0215. The summed E-state index contributed by atoms with van der Waals surface area (Å²) in [4.78, 5) is 14.8. The van der Waals surface area contributed by atoms with Gasteiger partial charge in [0.25, 0.3) is 12.3 Å². The fraction of sp³-hybridized carbons (Fsp3) is 0.400. The van der Waals surface area contributed by atoms with Crippen LogP contribution < -0.4 is 16.8 Å². The molecule has 0 aromatic carbocycles. The maximum absolute atomic E-state index is 11.8. The van der Waals surface area contributed by atoms with Gasteiger partial charge in [0.05, 0.1) is 12.3 Å². The van der Waals surface area contributed by atoms with Crippen molar-refractivity contribution < 1.29 is 18.3 Å². The third kappa shape index (κ3) is 4.50. The molecule has 0 aliphatic carbocycles. The van der Waals surface area contributed by atoms with E-state index in [0.717, 1.165) is 0 Å². The largest absolute Gasteiger partial charge is 0.396 e. The highest BCUT2D eigenvalue weighted by Gasteiger charge is 2.07. The number of carbonyl (C=O) groups excluding carboxylic acids is 1. The van der Waals surface area contributed by atoms with E-state index in [4.69, 9.17) is 11.5 Å². The highest BCUT2D eigenvalue weighted by Crippen LogP contribution is 2.15. The first-order chi connectivity index (χ1) is 8.50. The van der Waals surface area contributed by atoms with Gasteiger partial charge in [-0.15, -0.1) is 0 Å². The van der Waals surface area contributed by atoms with Gasteiger partial charge in [0.2, 0.25) is 0 Å². The number of pyridine rings is 1. The Kier molecular flexibility index (Phi) is 5.25. The van der Waals surface area contributed by atoms with Crippen LogP contribution >= 0.6 is 0 Å². The average molecular weight is 260 g/mol. The number of primary amides is 1. The molecule has 0 fully saturated rings. The molecule has 0 saturated heterocycles. The third-order valence-electron chi connectivity index (χ3n) is 1.96. The summed E-state index contributed by atoms with van der Waals surface area (Å²) >= 11 is 0. The van der Waals surface area contributed by atoms with Crippen LogP contribution in [0, 0.1) is 0 Å². The number of nitrogens with one attached hydrogen (secondary N) is 1. The van der Waals surface area contributed by atoms with E-state index in [1.54, 1.807) is 0 Å². The monoisotopic (exact) mass is 260 g/mol. The molecule has 0 aliphatic rings. The molecule has 1 amide bonds. The van der Waals surface area contributed by atoms with Crippen molar-refractivity contribution in [1.82, 2.24) is 4.98 Å². The molecule has 0 aliphatic heterocycles. The minimum absolute atomic E-state index is 0.0696. The number of amides is 1. The number of alkyl halides is 2. The van der Waals surface area contributed by atoms with Crippen molar-refractivity contribution in [2.75, 3.05) is 30.8 Å². The van der Waals surface area contributed by atoms with Crippen LogP contribution in [0.2, 0.25) is 0 Å². The molecule has 1 aromatic rings. The SMILES string of the molecule is NC(=O)c1ccc(N)c(NCCOCC(F)F)n1. The van der Waals surface area contributed by atoms with Crippen molar-refractivity contribution in [3.05, 3.63) is 17.8 Å². The molecule has 0 saturated carbocycles. The Morgan fingerprint density at radius 3 is 2.83 bits per heavy atom. The Morgan fingerprint density at radius 1 is 1.50 bits per heavy atom. The normalized spacial score (nSPS) is 10.6. The molecule has 1 aromatic heterocycles. The Labute approximate surface area is 102 Å². The number of hydrogen-bond donors (Lipinski definition) is 3. The number of aromatic nitrogens is 1. The Hall–Kier alpha value is -1.96. The summed E-state index contributed by atoms with van der Waals surface area (Å²) in [5.41, 5.74) is 11.1. The quantitative estimate of drug-likeness (QED) is 0.618. The molecule has 1 rings (SSSR count). The highest BCUT2D eigenvalue weighted by atomic mass is 19.3. The van der Waals surface area contributed by atoms with E-state index in [1.807, 2.05) is 0 Å². The molecule has 8 heteroatoms. The average Bonchev–Trinajstić information content (AvgIpc) is 2.30. The van der Waals surface area contributed by atoms with Gasteiger partial charge in [0, 0.05) is 6.54 Å². The van der Waals surface area contributed by atoms with Gasteiger partial charge in [-0.2, -0.15) is 0 Å². The summed E-state index contributed by atoms with van der Waals surface area (Å²) in [5, 5.41) is 2.77. The van der Waals surface area contributed by atoms with Crippen LogP contribution in [-0.2, 0) is 4.74 Å². The Morgan fingerprint density at radius 2 is 2.22 bits per heavy atom. The summed E-state index contributed by atoms with van der Waals surface area (Å²) in [6.45, 7) is -0.301. The molecule has 18 heavy (non-hydrogen) atoms. The Bertz CT molecular complexity index is 415. The summed E-state index contributed by atoms with van der Waals surface area (Å²) in [6.07, 6.45) is -2.49. The fourth-order valence-corrected chi connectivity index (χ4v) is 1.16. The van der Waals surface area contributed by atoms with Crippen LogP contribution in [0.1, 0.15) is 10.5 Å². The second kappa shape index (κ2) is 6.70. The van der Waals surface area contributed by atoms with Gasteiger partial charge in [-0.25, -0.2) is 13.8 Å². The van der Waals surface area contributed by atoms with E-state index in [0.29, 0.717) is 5.69 Å². The molecule has 0 atom stereocenters. The summed E-state index contributed by atoms with van der Waals surface area (Å²) in [7, 11) is 0. The number of halogens is 2. The second-order valence-corrected chi connectivity index (χ2v) is 3.39. The molecule has 0 radical (unpaired) electrons. The second-order valence-electron chi connectivity index (χ2n) is 3.39. The number of nitrogens with zero attached hydrogens (tertiary/aromatic N) is 1. The highest BCUT2D eigenvalue weighted by molar-refractivity contribution is 5.91. The lowest BCUT2D eigenvalue weighted by Crippen LogP contribution is -2.17. The number of anilines is 2. The first-order valence-corrected chi connectivity index (χ1v) is 5.16. The molecule has 1 heterocycles. The van der Waals surface area contributed by atoms with Crippen LogP contribution in [0.5, 0.6) is 0 Å². The molecular formula is C10H14F2N4O2. The van der Waals surface area contributed by atoms with Crippen LogP contribution in [0.25, 0.3) is 0 Å². The lowest BCUT2D eigenvalue weighted by Gasteiger charge is -2.09. The molecular weight excluding hydrogens is 246 g/mol. The first-order valence-electron chi connectivity index (χ1n) is 5.16. The topological polar surface area (TPSA) is 103 Å². The zero-order valence-electron chi connectivity index (χ0n) is 9.53. The zero-order valence-corrected chi connectivity index (χ0v) is 9.53. The van der Waals surface area contributed by atoms with Crippen molar-refractivity contribution in [3.8, 4) is 0 Å². The van der Waals surface area contributed by atoms with Gasteiger partial charge in [-0.1, -0.05) is 0 Å². The maximum Gasteiger partial charge on any atom is 0.267 e. The number of rotatable bonds is 7. The molecule has 5 N–H and O–H groups in total. The van der Waals surface area contributed by atoms with Crippen molar-refractivity contribution in [2.24, 2.45) is 5.73 Å². The minimum Gasteiger partial charge on any atom is -0.396 e. The van der Waals surface area contributed by atoms with E-state index >= 15 is 0 Å². The minimum atomic E-state index is -2.49. The van der Waals surface area contributed by atoms with Gasteiger partial charge in [0.15, 0.2) is 0 Å². The van der Waals surface area contributed by atoms with Crippen LogP contribution in [0.4, 0.5) is 20.3 Å². The van der Waals surface area contributed by atoms with Gasteiger partial charge >= 0.3 is 0 Å². The van der Waals surface area contributed by atoms with Gasteiger partial charge in [-0.05, 0) is 12.1 Å². The summed E-state index contributed by atoms with van der Waals surface area (Å²) < 4.78 is 28.2. The van der Waals surface area contributed by atoms with Gasteiger partial charge in [-0.3, -0.25) is 4.79 Å². The van der Waals surface area contributed by atoms with Crippen molar-refractivity contribution in [3.63, 3.8) is 0 Å². The number of carbonyl (C=O) groups is 1. The van der Waals surface area contributed by atoms with E-state index in [2.05, 4.69) is 15.0 Å². The molecule has 100 valence electrons. The number of nitrogens with two attached hydrogens (primary N) is 2. The molecule has 6 nitrogen and oxygen atoms in total. The van der Waals surface area contributed by atoms with Crippen molar-refractivity contribution in [1.29, 1.82) is 0 Å². The predicted molar refractivity (Wildman–Crippen MR) is 62.5 cm³/mol. The van der Waals surface area contributed by atoms with E-state index in [1.165, 1.54) is 12.1 Å². The molecule has 0 unspecified atom stereocenters. The lowest BCUT2D eigenvalue weighted by atomic mass is 10.3. The number of hydrogen-bond acceptors (Lipinski definition) is 5. The summed E-state index contributed by atoms with van der Waals surface area (Å²) in [5.74, 6) is -0.404. The standard InChI is InChI=1S/C10H14F2N4O2/c11-8(12)5-18-4-3-15-10-6(13)1-2-7(16-10)9(14)17/h1-2,8H,3-5,13H2,(H2,14,17)(H,15,16). The molecule has 0 spiro atoms. The van der Waals surface area contributed by atoms with Gasteiger partial charge in [0.1, 0.15) is 18.1 Å². The van der Waals surface area contributed by atoms with E-state index in [9.17, 15) is 13.6 Å². The summed E-state index contributed by atoms with van der Waals surface area (Å²) in [6, 6.07) is 2.88. The van der Waals surface area contributed by atoms with Crippen LogP contribution in [-0.4, -0.2) is 37.1 Å². The Balaban J connectivity index is 2.46. The first kappa shape index (κ1) is 14.1. The van der Waals surface area contributed by atoms with Crippen LogP contribution in [0.3, 0.4) is 0 Å². The maximum atomic E-state index is 11.8. The fourth-order valence-electron chi connectivity index (χ4n) is 1.16. The molecule has 0 bridgehead atoms. The van der Waals surface area contributed by atoms with Gasteiger partial charge < -0.3 is 21.5 Å².